The number of aliphatic hydroxyl groups excluding tert-OH is 4. The lowest BCUT2D eigenvalue weighted by Gasteiger charge is -2.20. The van der Waals surface area contributed by atoms with Crippen LogP contribution in [0.25, 0.3) is 0 Å². The number of hydrogen-bond donors (Lipinski definition) is 4. The lowest BCUT2D eigenvalue weighted by Crippen LogP contribution is -2.45. The maximum atomic E-state index is 11.5. The normalized spacial score (nSPS) is 15.0. The summed E-state index contributed by atoms with van der Waals surface area (Å²) in [6.07, 6.45) is 2.32. The maximum Gasteiger partial charge on any atom is 0.306 e. The van der Waals surface area contributed by atoms with Crippen molar-refractivity contribution in [2.45, 2.75) is 76.6 Å². The van der Waals surface area contributed by atoms with E-state index in [0.717, 1.165) is 19.3 Å². The van der Waals surface area contributed by atoms with Crippen molar-refractivity contribution in [3.8, 4) is 0 Å². The maximum absolute atomic E-state index is 11.5. The first kappa shape index (κ1) is 22.0. The molecule has 0 amide bonds. The largest absolute Gasteiger partial charge is 0.458 e. The molecule has 0 spiro atoms. The molecule has 0 aliphatic rings. The molecule has 0 heterocycles. The Morgan fingerprint density at radius 2 is 1.52 bits per heavy atom. The smallest absolute Gasteiger partial charge is 0.306 e. The summed E-state index contributed by atoms with van der Waals surface area (Å²) in [6.45, 7) is 0.701. The third-order valence-corrected chi connectivity index (χ3v) is 3.59. The van der Waals surface area contributed by atoms with Crippen LogP contribution in [0.15, 0.2) is 0 Å². The van der Waals surface area contributed by atoms with E-state index in [1.54, 1.807) is 0 Å². The minimum absolute atomic E-state index is 0.207. The van der Waals surface area contributed by atoms with Gasteiger partial charge in [0.1, 0.15) is 18.3 Å². The first-order valence-corrected chi connectivity index (χ1v) is 8.27. The Bertz CT molecular complexity index is 332. The van der Waals surface area contributed by atoms with Crippen LogP contribution in [0, 0.1) is 0 Å². The van der Waals surface area contributed by atoms with Gasteiger partial charge in [-0.05, 0) is 6.42 Å². The summed E-state index contributed by atoms with van der Waals surface area (Å²) in [5, 5.41) is 36.6. The molecule has 136 valence electrons. The van der Waals surface area contributed by atoms with E-state index < -0.39 is 43.3 Å². The average molecular weight is 334 g/mol. The van der Waals surface area contributed by atoms with Gasteiger partial charge in [0, 0.05) is 6.42 Å². The van der Waals surface area contributed by atoms with Gasteiger partial charge < -0.3 is 25.2 Å². The molecule has 0 saturated carbocycles. The van der Waals surface area contributed by atoms with Gasteiger partial charge >= 0.3 is 5.97 Å². The Labute approximate surface area is 137 Å². The minimum Gasteiger partial charge on any atom is -0.458 e. The lowest BCUT2D eigenvalue weighted by molar-refractivity contribution is -0.155. The van der Waals surface area contributed by atoms with Crippen LogP contribution in [0.5, 0.6) is 0 Å². The highest BCUT2D eigenvalue weighted by molar-refractivity contribution is 5.86. The zero-order valence-electron chi connectivity index (χ0n) is 13.8. The van der Waals surface area contributed by atoms with Gasteiger partial charge in [-0.15, -0.1) is 0 Å². The number of carbonyl (C=O) groups is 2. The highest BCUT2D eigenvalue weighted by Crippen LogP contribution is 2.09. The number of aliphatic hydroxyl groups is 4. The van der Waals surface area contributed by atoms with E-state index in [2.05, 4.69) is 6.92 Å². The number of esters is 1. The molecule has 3 atom stereocenters. The molecule has 0 aromatic heterocycles. The van der Waals surface area contributed by atoms with Crippen LogP contribution in [0.3, 0.4) is 0 Å². The number of carbonyl (C=O) groups excluding carboxylic acids is 2. The number of hydrogen-bond acceptors (Lipinski definition) is 7. The summed E-state index contributed by atoms with van der Waals surface area (Å²) in [7, 11) is 0. The SMILES string of the molecule is CCCCCCCCCC(=O)OCC(=O)[C@@H](O)[C@H](O)[C@@H](O)CO. The first-order valence-electron chi connectivity index (χ1n) is 8.27. The monoisotopic (exact) mass is 334 g/mol. The molecular weight excluding hydrogens is 304 g/mol. The zero-order valence-corrected chi connectivity index (χ0v) is 13.8. The second-order valence-electron chi connectivity index (χ2n) is 5.68. The fourth-order valence-corrected chi connectivity index (χ4v) is 2.04. The molecule has 0 aromatic rings. The number of ether oxygens (including phenoxy) is 1. The molecule has 0 fully saturated rings. The summed E-state index contributed by atoms with van der Waals surface area (Å²) in [4.78, 5) is 23.0. The van der Waals surface area contributed by atoms with Crippen molar-refractivity contribution in [2.75, 3.05) is 13.2 Å². The van der Waals surface area contributed by atoms with Gasteiger partial charge in [0.2, 0.25) is 5.78 Å². The van der Waals surface area contributed by atoms with Gasteiger partial charge in [0.05, 0.1) is 6.61 Å². The number of unbranched alkanes of at least 4 members (excludes halogenated alkanes) is 6. The van der Waals surface area contributed by atoms with E-state index in [1.165, 1.54) is 19.3 Å². The first-order chi connectivity index (χ1) is 10.9. The van der Waals surface area contributed by atoms with E-state index in [0.29, 0.717) is 6.42 Å². The van der Waals surface area contributed by atoms with Crippen molar-refractivity contribution < 1.29 is 34.8 Å². The van der Waals surface area contributed by atoms with Crippen LogP contribution < -0.4 is 0 Å². The van der Waals surface area contributed by atoms with Crippen LogP contribution in [0.2, 0.25) is 0 Å². The number of rotatable bonds is 14. The Hall–Kier alpha value is -1.02. The molecule has 23 heavy (non-hydrogen) atoms. The van der Waals surface area contributed by atoms with E-state index in [9.17, 15) is 19.8 Å². The van der Waals surface area contributed by atoms with Gasteiger partial charge in [0.25, 0.3) is 0 Å². The summed E-state index contributed by atoms with van der Waals surface area (Å²) in [5.41, 5.74) is 0. The van der Waals surface area contributed by atoms with E-state index >= 15 is 0 Å². The Balaban J connectivity index is 3.77. The van der Waals surface area contributed by atoms with Gasteiger partial charge in [-0.1, -0.05) is 45.4 Å². The zero-order chi connectivity index (χ0) is 17.7. The Morgan fingerprint density at radius 3 is 2.09 bits per heavy atom. The second kappa shape index (κ2) is 13.4. The molecule has 7 nitrogen and oxygen atoms in total. The van der Waals surface area contributed by atoms with Gasteiger partial charge in [-0.25, -0.2) is 0 Å². The highest BCUT2D eigenvalue weighted by atomic mass is 16.5. The summed E-state index contributed by atoms with van der Waals surface area (Å²) in [5.74, 6) is -1.45. The van der Waals surface area contributed by atoms with Crippen molar-refractivity contribution in [3.05, 3.63) is 0 Å². The average Bonchev–Trinajstić information content (AvgIpc) is 2.56. The summed E-state index contributed by atoms with van der Waals surface area (Å²) in [6, 6.07) is 0. The molecule has 0 aliphatic carbocycles. The molecule has 0 aromatic carbocycles. The Kier molecular flexibility index (Phi) is 12.8. The van der Waals surface area contributed by atoms with Crippen LogP contribution in [-0.2, 0) is 14.3 Å². The van der Waals surface area contributed by atoms with Crippen LogP contribution in [0.1, 0.15) is 58.3 Å². The van der Waals surface area contributed by atoms with Crippen LogP contribution in [-0.4, -0.2) is 63.7 Å². The quantitative estimate of drug-likeness (QED) is 0.266. The molecule has 0 unspecified atom stereocenters. The summed E-state index contributed by atoms with van der Waals surface area (Å²) >= 11 is 0. The standard InChI is InChI=1S/C16H30O7/c1-2-3-4-5-6-7-8-9-14(20)23-11-13(19)16(22)15(21)12(18)10-17/h12,15-18,21-22H,2-11H2,1H3/t12-,15+,16+/m0/s1. The van der Waals surface area contributed by atoms with E-state index in [-0.39, 0.29) is 6.42 Å². The predicted octanol–water partition coefficient (Wildman–Crippen LogP) is 0.314. The molecule has 0 aliphatic heterocycles. The van der Waals surface area contributed by atoms with E-state index in [4.69, 9.17) is 14.9 Å². The summed E-state index contributed by atoms with van der Waals surface area (Å²) < 4.78 is 4.73. The Morgan fingerprint density at radius 1 is 0.957 bits per heavy atom. The molecule has 0 rings (SSSR count). The van der Waals surface area contributed by atoms with Crippen LogP contribution >= 0.6 is 0 Å². The fourth-order valence-electron chi connectivity index (χ4n) is 2.04. The predicted molar refractivity (Wildman–Crippen MR) is 83.7 cm³/mol. The molecule has 7 heteroatoms. The third-order valence-electron chi connectivity index (χ3n) is 3.59. The second-order valence-corrected chi connectivity index (χ2v) is 5.68. The van der Waals surface area contributed by atoms with E-state index in [1.807, 2.05) is 0 Å². The molecule has 4 N–H and O–H groups in total. The third kappa shape index (κ3) is 10.4. The van der Waals surface area contributed by atoms with Crippen molar-refractivity contribution in [1.29, 1.82) is 0 Å². The van der Waals surface area contributed by atoms with Gasteiger partial charge in [0.15, 0.2) is 6.61 Å². The molecule has 0 bridgehead atoms. The lowest BCUT2D eigenvalue weighted by atomic mass is 10.1. The fraction of sp³-hybridized carbons (Fsp3) is 0.875. The van der Waals surface area contributed by atoms with Crippen molar-refractivity contribution >= 4 is 11.8 Å². The topological polar surface area (TPSA) is 124 Å². The van der Waals surface area contributed by atoms with Gasteiger partial charge in [-0.3, -0.25) is 9.59 Å². The molecule has 0 radical (unpaired) electrons. The van der Waals surface area contributed by atoms with Crippen molar-refractivity contribution in [1.82, 2.24) is 0 Å². The minimum atomic E-state index is -1.90. The van der Waals surface area contributed by atoms with Crippen LogP contribution in [0.4, 0.5) is 0 Å². The van der Waals surface area contributed by atoms with Crippen molar-refractivity contribution in [3.63, 3.8) is 0 Å². The number of Topliss-reactive ketones (excluding diaryl/α,β-unsaturated/α-hetero) is 1. The van der Waals surface area contributed by atoms with Gasteiger partial charge in [-0.2, -0.15) is 0 Å². The molecule has 0 saturated heterocycles. The molecular formula is C16H30O7. The highest BCUT2D eigenvalue weighted by Gasteiger charge is 2.30. The number of ketones is 1. The van der Waals surface area contributed by atoms with Crippen molar-refractivity contribution in [2.24, 2.45) is 0 Å².